The van der Waals surface area contributed by atoms with Gasteiger partial charge in [-0.15, -0.1) is 0 Å². The van der Waals surface area contributed by atoms with Crippen molar-refractivity contribution in [1.82, 2.24) is 0 Å². The lowest BCUT2D eigenvalue weighted by Crippen LogP contribution is -2.08. The van der Waals surface area contributed by atoms with E-state index in [9.17, 15) is 4.79 Å². The Hall–Kier alpha value is -2.95. The molecule has 0 heterocycles. The molecule has 0 unspecified atom stereocenters. The molecule has 0 bridgehead atoms. The van der Waals surface area contributed by atoms with E-state index in [-0.39, 0.29) is 5.91 Å². The number of carbonyl (C=O) groups excluding carboxylic acids is 1. The minimum atomic E-state index is -0.242. The van der Waals surface area contributed by atoms with Gasteiger partial charge in [0.25, 0.3) is 0 Å². The average Bonchev–Trinajstić information content (AvgIpc) is 2.65. The predicted octanol–water partition coefficient (Wildman–Crippen LogP) is 4.39. The quantitative estimate of drug-likeness (QED) is 0.714. The molecule has 0 aliphatic carbocycles. The summed E-state index contributed by atoms with van der Waals surface area (Å²) >= 11 is 0. The van der Waals surface area contributed by atoms with Gasteiger partial charge in [0.1, 0.15) is 5.75 Å². The van der Waals surface area contributed by atoms with Gasteiger partial charge in [0.15, 0.2) is 11.5 Å². The van der Waals surface area contributed by atoms with Crippen molar-refractivity contribution in [3.63, 3.8) is 0 Å². The molecule has 0 saturated carbocycles. The van der Waals surface area contributed by atoms with Gasteiger partial charge in [0.05, 0.1) is 26.5 Å². The van der Waals surface area contributed by atoms with E-state index >= 15 is 0 Å². The summed E-state index contributed by atoms with van der Waals surface area (Å²) in [6.07, 6.45) is 3.19. The molecule has 0 atom stereocenters. The maximum Gasteiger partial charge on any atom is 0.248 e. The summed E-state index contributed by atoms with van der Waals surface area (Å²) in [5.74, 6) is 2.13. The van der Waals surface area contributed by atoms with E-state index in [0.29, 0.717) is 35.5 Å². The monoisotopic (exact) mass is 355 g/mol. The van der Waals surface area contributed by atoms with Crippen LogP contribution in [0.1, 0.15) is 19.4 Å². The van der Waals surface area contributed by atoms with Crippen molar-refractivity contribution in [2.75, 3.05) is 26.1 Å². The molecule has 138 valence electrons. The molecule has 5 nitrogen and oxygen atoms in total. The first kappa shape index (κ1) is 19.4. The zero-order chi connectivity index (χ0) is 18.9. The number of ether oxygens (including phenoxy) is 3. The lowest BCUT2D eigenvalue weighted by atomic mass is 10.2. The van der Waals surface area contributed by atoms with Crippen molar-refractivity contribution in [3.8, 4) is 17.2 Å². The summed E-state index contributed by atoms with van der Waals surface area (Å²) in [7, 11) is 3.16. The van der Waals surface area contributed by atoms with E-state index in [0.717, 1.165) is 5.56 Å². The first-order chi connectivity index (χ1) is 12.5. The zero-order valence-electron chi connectivity index (χ0n) is 15.6. The number of carbonyl (C=O) groups is 1. The van der Waals surface area contributed by atoms with E-state index in [1.54, 1.807) is 32.4 Å². The molecule has 0 aliphatic rings. The summed E-state index contributed by atoms with van der Waals surface area (Å²) in [6.45, 7) is 4.79. The maximum absolute atomic E-state index is 12.1. The highest BCUT2D eigenvalue weighted by Gasteiger charge is 2.07. The fourth-order valence-electron chi connectivity index (χ4n) is 2.26. The molecule has 0 aromatic heterocycles. The van der Waals surface area contributed by atoms with Crippen LogP contribution in [0.15, 0.2) is 48.5 Å². The Morgan fingerprint density at radius 2 is 1.77 bits per heavy atom. The van der Waals surface area contributed by atoms with Crippen molar-refractivity contribution >= 4 is 17.7 Å². The van der Waals surface area contributed by atoms with E-state index < -0.39 is 0 Å². The SMILES string of the molecule is COc1ccccc1NC(=O)/C=C/c1ccc(OCC(C)C)c(OC)c1. The first-order valence-electron chi connectivity index (χ1n) is 8.46. The molecule has 0 radical (unpaired) electrons. The van der Waals surface area contributed by atoms with Crippen LogP contribution in [0.4, 0.5) is 5.69 Å². The first-order valence-corrected chi connectivity index (χ1v) is 8.46. The van der Waals surface area contributed by atoms with Crippen LogP contribution in [0.25, 0.3) is 6.08 Å². The highest BCUT2D eigenvalue weighted by molar-refractivity contribution is 6.02. The molecule has 26 heavy (non-hydrogen) atoms. The summed E-state index contributed by atoms with van der Waals surface area (Å²) in [4.78, 5) is 12.1. The van der Waals surface area contributed by atoms with Gasteiger partial charge in [-0.05, 0) is 41.8 Å². The van der Waals surface area contributed by atoms with Gasteiger partial charge < -0.3 is 19.5 Å². The van der Waals surface area contributed by atoms with E-state index in [1.807, 2.05) is 30.3 Å². The summed E-state index contributed by atoms with van der Waals surface area (Å²) < 4.78 is 16.3. The average molecular weight is 355 g/mol. The fourth-order valence-corrected chi connectivity index (χ4v) is 2.26. The Morgan fingerprint density at radius 3 is 2.46 bits per heavy atom. The molecule has 0 saturated heterocycles. The number of methoxy groups -OCH3 is 2. The highest BCUT2D eigenvalue weighted by Crippen LogP contribution is 2.29. The lowest BCUT2D eigenvalue weighted by Gasteiger charge is -2.12. The van der Waals surface area contributed by atoms with E-state index in [2.05, 4.69) is 19.2 Å². The summed E-state index contributed by atoms with van der Waals surface area (Å²) in [5, 5.41) is 2.80. The van der Waals surface area contributed by atoms with E-state index in [4.69, 9.17) is 14.2 Å². The zero-order valence-corrected chi connectivity index (χ0v) is 15.6. The van der Waals surface area contributed by atoms with Crippen LogP contribution >= 0.6 is 0 Å². The van der Waals surface area contributed by atoms with Crippen LogP contribution in [0.3, 0.4) is 0 Å². The number of anilines is 1. The fraction of sp³-hybridized carbons (Fsp3) is 0.286. The summed E-state index contributed by atoms with van der Waals surface area (Å²) in [5.41, 5.74) is 1.47. The summed E-state index contributed by atoms with van der Waals surface area (Å²) in [6, 6.07) is 12.8. The Kier molecular flexibility index (Phi) is 7.09. The Balaban J connectivity index is 2.06. The molecule has 2 aromatic rings. The maximum atomic E-state index is 12.1. The van der Waals surface area contributed by atoms with Gasteiger partial charge in [0, 0.05) is 6.08 Å². The molecular formula is C21H25NO4. The third kappa shape index (κ3) is 5.55. The molecule has 2 rings (SSSR count). The molecule has 0 spiro atoms. The highest BCUT2D eigenvalue weighted by atomic mass is 16.5. The Bertz CT molecular complexity index is 768. The van der Waals surface area contributed by atoms with Crippen LogP contribution in [0, 0.1) is 5.92 Å². The van der Waals surface area contributed by atoms with Crippen LogP contribution in [0.2, 0.25) is 0 Å². The lowest BCUT2D eigenvalue weighted by molar-refractivity contribution is -0.111. The number of amides is 1. The van der Waals surface area contributed by atoms with Gasteiger partial charge in [-0.2, -0.15) is 0 Å². The van der Waals surface area contributed by atoms with Gasteiger partial charge in [-0.25, -0.2) is 0 Å². The molecule has 5 heteroatoms. The molecule has 0 fully saturated rings. The number of rotatable bonds is 8. The van der Waals surface area contributed by atoms with Crippen molar-refractivity contribution < 1.29 is 19.0 Å². The van der Waals surface area contributed by atoms with Crippen molar-refractivity contribution in [2.24, 2.45) is 5.92 Å². The second-order valence-electron chi connectivity index (χ2n) is 6.14. The number of benzene rings is 2. The van der Waals surface area contributed by atoms with Gasteiger partial charge >= 0.3 is 0 Å². The van der Waals surface area contributed by atoms with E-state index in [1.165, 1.54) is 6.08 Å². The number of hydrogen-bond acceptors (Lipinski definition) is 4. The molecule has 1 N–H and O–H groups in total. The third-order valence-electron chi connectivity index (χ3n) is 3.55. The van der Waals surface area contributed by atoms with Gasteiger partial charge in [-0.3, -0.25) is 4.79 Å². The van der Waals surface area contributed by atoms with Gasteiger partial charge in [-0.1, -0.05) is 32.0 Å². The van der Waals surface area contributed by atoms with Crippen LogP contribution < -0.4 is 19.5 Å². The normalized spacial score (nSPS) is 10.8. The van der Waals surface area contributed by atoms with Crippen molar-refractivity contribution in [1.29, 1.82) is 0 Å². The standard InChI is InChI=1S/C21H25NO4/c1-15(2)14-26-19-11-9-16(13-20(19)25-4)10-12-21(23)22-17-7-5-6-8-18(17)24-3/h5-13,15H,14H2,1-4H3,(H,22,23)/b12-10+. The number of para-hydroxylation sites is 2. The minimum absolute atomic E-state index is 0.242. The Morgan fingerprint density at radius 1 is 1.04 bits per heavy atom. The third-order valence-corrected chi connectivity index (χ3v) is 3.55. The van der Waals surface area contributed by atoms with Gasteiger partial charge in [0.2, 0.25) is 5.91 Å². The molecular weight excluding hydrogens is 330 g/mol. The smallest absolute Gasteiger partial charge is 0.248 e. The number of nitrogens with one attached hydrogen (secondary N) is 1. The topological polar surface area (TPSA) is 56.8 Å². The number of hydrogen-bond donors (Lipinski definition) is 1. The van der Waals surface area contributed by atoms with Crippen molar-refractivity contribution in [2.45, 2.75) is 13.8 Å². The predicted molar refractivity (Wildman–Crippen MR) is 104 cm³/mol. The van der Waals surface area contributed by atoms with Crippen molar-refractivity contribution in [3.05, 3.63) is 54.1 Å². The second-order valence-corrected chi connectivity index (χ2v) is 6.14. The molecule has 0 aliphatic heterocycles. The van der Waals surface area contributed by atoms with Crippen LogP contribution in [0.5, 0.6) is 17.2 Å². The minimum Gasteiger partial charge on any atom is -0.495 e. The molecule has 2 aromatic carbocycles. The molecule has 1 amide bonds. The second kappa shape index (κ2) is 9.51. The van der Waals surface area contributed by atoms with Crippen LogP contribution in [-0.4, -0.2) is 26.7 Å². The largest absolute Gasteiger partial charge is 0.495 e. The van der Waals surface area contributed by atoms with Crippen LogP contribution in [-0.2, 0) is 4.79 Å². The Labute approximate surface area is 154 Å².